The number of carbonyl (C=O) groups is 1. The first-order chi connectivity index (χ1) is 18.9. The Labute approximate surface area is 231 Å². The second-order valence-corrected chi connectivity index (χ2v) is 10.1. The summed E-state index contributed by atoms with van der Waals surface area (Å²) in [4.78, 5) is 10.9. The van der Waals surface area contributed by atoms with Gasteiger partial charge in [-0.25, -0.2) is 0 Å². The molecule has 1 N–H and O–H groups in total. The van der Waals surface area contributed by atoms with Crippen molar-refractivity contribution in [1.82, 2.24) is 0 Å². The molecule has 3 aromatic carbocycles. The molecule has 1 unspecified atom stereocenters. The van der Waals surface area contributed by atoms with Crippen molar-refractivity contribution in [2.45, 2.75) is 53.1 Å². The zero-order valence-corrected chi connectivity index (χ0v) is 22.8. The van der Waals surface area contributed by atoms with E-state index in [4.69, 9.17) is 19.3 Å². The van der Waals surface area contributed by atoms with Crippen LogP contribution in [0.15, 0.2) is 78.1 Å². The Morgan fingerprint density at radius 2 is 1.60 bits per heavy atom. The highest BCUT2D eigenvalue weighted by atomic mass is 19.4. The van der Waals surface area contributed by atoms with Crippen molar-refractivity contribution in [3.05, 3.63) is 100 Å². The Hall–Kier alpha value is -4.20. The third-order valence-corrected chi connectivity index (χ3v) is 6.55. The first-order valence-corrected chi connectivity index (χ1v) is 12.9. The fourth-order valence-corrected chi connectivity index (χ4v) is 4.50. The van der Waals surface area contributed by atoms with Gasteiger partial charge in [0.15, 0.2) is 11.5 Å². The monoisotopic (exact) mass is 552 g/mol. The van der Waals surface area contributed by atoms with Gasteiger partial charge in [-0.05, 0) is 98.8 Å². The van der Waals surface area contributed by atoms with E-state index in [9.17, 15) is 18.0 Å². The number of rotatable bonds is 9. The molecule has 0 radical (unpaired) electrons. The molecule has 4 rings (SSSR count). The van der Waals surface area contributed by atoms with E-state index in [-0.39, 0.29) is 23.8 Å². The zero-order chi connectivity index (χ0) is 29.0. The lowest BCUT2D eigenvalue weighted by Crippen LogP contribution is -2.11. The van der Waals surface area contributed by atoms with E-state index in [0.717, 1.165) is 40.8 Å². The van der Waals surface area contributed by atoms with Crippen molar-refractivity contribution >= 4 is 5.97 Å². The van der Waals surface area contributed by atoms with Crippen LogP contribution in [-0.4, -0.2) is 11.1 Å². The van der Waals surface area contributed by atoms with E-state index in [1.807, 2.05) is 52.0 Å². The maximum absolute atomic E-state index is 13.5. The fraction of sp³-hybridized carbons (Fsp3) is 0.281. The number of halogens is 3. The largest absolute Gasteiger partial charge is 0.481 e. The van der Waals surface area contributed by atoms with E-state index >= 15 is 0 Å². The average molecular weight is 553 g/mol. The van der Waals surface area contributed by atoms with Crippen molar-refractivity contribution < 1.29 is 37.3 Å². The predicted molar refractivity (Wildman–Crippen MR) is 146 cm³/mol. The number of hydrogen-bond donors (Lipinski definition) is 1. The maximum atomic E-state index is 13.5. The number of allylic oxidation sites excluding steroid dienone is 4. The van der Waals surface area contributed by atoms with Crippen LogP contribution in [-0.2, 0) is 17.4 Å². The molecule has 0 spiro atoms. The highest BCUT2D eigenvalue weighted by molar-refractivity contribution is 5.67. The number of hydrogen-bond acceptors (Lipinski definition) is 4. The minimum Gasteiger partial charge on any atom is -0.481 e. The number of aliphatic carboxylic acids is 1. The summed E-state index contributed by atoms with van der Waals surface area (Å²) in [6.07, 6.45) is 0.356. The van der Waals surface area contributed by atoms with Gasteiger partial charge in [-0.1, -0.05) is 24.6 Å². The van der Waals surface area contributed by atoms with Crippen LogP contribution in [0, 0.1) is 19.8 Å². The molecule has 0 aromatic heterocycles. The lowest BCUT2D eigenvalue weighted by Gasteiger charge is -2.22. The quantitative estimate of drug-likeness (QED) is 0.287. The molecular formula is C32H31F3O5. The van der Waals surface area contributed by atoms with Gasteiger partial charge >= 0.3 is 12.1 Å². The van der Waals surface area contributed by atoms with Crippen LogP contribution in [0.5, 0.6) is 28.7 Å². The first-order valence-electron chi connectivity index (χ1n) is 12.9. The number of carboxylic acids is 1. The Morgan fingerprint density at radius 1 is 0.875 bits per heavy atom. The lowest BCUT2D eigenvalue weighted by atomic mass is 9.95. The highest BCUT2D eigenvalue weighted by Crippen LogP contribution is 2.41. The van der Waals surface area contributed by atoms with Crippen LogP contribution in [0.2, 0.25) is 0 Å². The zero-order valence-electron chi connectivity index (χ0n) is 22.8. The lowest BCUT2D eigenvalue weighted by molar-refractivity contribution is -0.138. The Bertz CT molecular complexity index is 1470. The van der Waals surface area contributed by atoms with Crippen LogP contribution in [0.3, 0.4) is 0 Å². The topological polar surface area (TPSA) is 65.0 Å². The molecule has 1 atom stereocenters. The van der Waals surface area contributed by atoms with Crippen molar-refractivity contribution in [2.75, 3.05) is 0 Å². The third-order valence-electron chi connectivity index (χ3n) is 6.55. The summed E-state index contributed by atoms with van der Waals surface area (Å²) in [6.45, 7) is 7.70. The Balaban J connectivity index is 1.60. The number of ether oxygens (including phenoxy) is 3. The summed E-state index contributed by atoms with van der Waals surface area (Å²) in [5.74, 6) is 1.23. The summed E-state index contributed by atoms with van der Waals surface area (Å²) in [5.41, 5.74) is 2.98. The summed E-state index contributed by atoms with van der Waals surface area (Å²) in [7, 11) is 0. The van der Waals surface area contributed by atoms with Gasteiger partial charge in [0.1, 0.15) is 23.0 Å². The summed E-state index contributed by atoms with van der Waals surface area (Å²) in [5, 5.41) is 8.94. The average Bonchev–Trinajstić information content (AvgIpc) is 2.85. The highest BCUT2D eigenvalue weighted by Gasteiger charge is 2.32. The molecule has 40 heavy (non-hydrogen) atoms. The molecule has 210 valence electrons. The molecule has 0 fully saturated rings. The molecule has 5 nitrogen and oxygen atoms in total. The van der Waals surface area contributed by atoms with Crippen LogP contribution in [0.25, 0.3) is 0 Å². The van der Waals surface area contributed by atoms with Crippen LogP contribution < -0.4 is 14.2 Å². The van der Waals surface area contributed by atoms with Crippen LogP contribution in [0.4, 0.5) is 13.2 Å². The number of carboxylic acid groups (broad SMARTS) is 1. The van der Waals surface area contributed by atoms with Gasteiger partial charge in [-0.2, -0.15) is 13.2 Å². The van der Waals surface area contributed by atoms with Gasteiger partial charge in [0.25, 0.3) is 0 Å². The Morgan fingerprint density at radius 3 is 2.25 bits per heavy atom. The molecular weight excluding hydrogens is 521 g/mol. The second kappa shape index (κ2) is 11.9. The SMILES string of the molecule is CC1=CC=C(Oc2cc(C(F)(F)F)ccc2Oc2cc(C)cc(Oc3ccc(CCC(=O)O)c(C)c3)c2)C(C)C1. The van der Waals surface area contributed by atoms with E-state index in [1.165, 1.54) is 6.07 Å². The predicted octanol–water partition coefficient (Wildman–Crippen LogP) is 9.17. The maximum Gasteiger partial charge on any atom is 0.416 e. The van der Waals surface area contributed by atoms with Crippen LogP contribution >= 0.6 is 0 Å². The van der Waals surface area contributed by atoms with Gasteiger partial charge in [-0.3, -0.25) is 4.79 Å². The summed E-state index contributed by atoms with van der Waals surface area (Å²) < 4.78 is 58.6. The molecule has 0 bridgehead atoms. The Kier molecular flexibility index (Phi) is 8.57. The minimum absolute atomic E-state index is 0.00494. The molecule has 1 aliphatic carbocycles. The standard InChI is InChI=1S/C32H31F3O5/c1-19-5-10-28(22(4)13-19)40-30-17-24(32(33,34)35)8-11-29(30)39-27-15-20(2)14-26(18-27)38-25-9-6-23(21(3)16-25)7-12-31(36)37/h5-6,8-11,14-18,22H,7,12-13H2,1-4H3,(H,36,37). The molecule has 3 aromatic rings. The summed E-state index contributed by atoms with van der Waals surface area (Å²) >= 11 is 0. The van der Waals surface area contributed by atoms with E-state index in [1.54, 1.807) is 24.3 Å². The van der Waals surface area contributed by atoms with Gasteiger partial charge in [0.05, 0.1) is 5.56 Å². The number of alkyl halides is 3. The van der Waals surface area contributed by atoms with Gasteiger partial charge < -0.3 is 19.3 Å². The van der Waals surface area contributed by atoms with Gasteiger partial charge in [-0.15, -0.1) is 0 Å². The molecule has 0 heterocycles. The van der Waals surface area contributed by atoms with Gasteiger partial charge in [0, 0.05) is 18.4 Å². The van der Waals surface area contributed by atoms with Gasteiger partial charge in [0.2, 0.25) is 0 Å². The summed E-state index contributed by atoms with van der Waals surface area (Å²) in [6, 6.07) is 13.8. The normalized spacial score (nSPS) is 15.2. The second-order valence-electron chi connectivity index (χ2n) is 10.1. The molecule has 1 aliphatic rings. The molecule has 8 heteroatoms. The smallest absolute Gasteiger partial charge is 0.416 e. The fourth-order valence-electron chi connectivity index (χ4n) is 4.50. The van der Waals surface area contributed by atoms with Crippen LogP contribution in [0.1, 0.15) is 48.9 Å². The van der Waals surface area contributed by atoms with E-state index < -0.39 is 17.7 Å². The van der Waals surface area contributed by atoms with Crippen molar-refractivity contribution in [2.24, 2.45) is 5.92 Å². The molecule has 0 aliphatic heterocycles. The van der Waals surface area contributed by atoms with Crippen molar-refractivity contribution in [1.29, 1.82) is 0 Å². The van der Waals surface area contributed by atoms with E-state index in [0.29, 0.717) is 29.4 Å². The van der Waals surface area contributed by atoms with Crippen molar-refractivity contribution in [3.8, 4) is 28.7 Å². The number of benzene rings is 3. The molecule has 0 amide bonds. The molecule has 0 saturated carbocycles. The van der Waals surface area contributed by atoms with Crippen molar-refractivity contribution in [3.63, 3.8) is 0 Å². The number of aryl methyl sites for hydroxylation is 3. The first kappa shape index (κ1) is 28.8. The minimum atomic E-state index is -4.54. The third kappa shape index (κ3) is 7.46. The molecule has 0 saturated heterocycles. The van der Waals surface area contributed by atoms with E-state index in [2.05, 4.69) is 0 Å².